The second kappa shape index (κ2) is 8.22. The molecule has 1 atom stereocenters. The third kappa shape index (κ3) is 4.16. The number of aromatic amines is 1. The summed E-state index contributed by atoms with van der Waals surface area (Å²) in [6.07, 6.45) is 4.51. The monoisotopic (exact) mass is 391 g/mol. The maximum absolute atomic E-state index is 12.7. The van der Waals surface area contributed by atoms with E-state index >= 15 is 0 Å². The minimum atomic E-state index is -0.893. The smallest absolute Gasteiger partial charge is 0.331 e. The zero-order chi connectivity index (χ0) is 20.2. The molecule has 4 rings (SSSR count). The molecule has 2 heterocycles. The molecule has 6 nitrogen and oxygen atoms in total. The van der Waals surface area contributed by atoms with E-state index in [1.165, 1.54) is 6.08 Å². The average Bonchev–Trinajstić information content (AvgIpc) is 3.02. The number of para-hydroxylation sites is 1. The summed E-state index contributed by atoms with van der Waals surface area (Å²) in [6, 6.07) is 13.0. The van der Waals surface area contributed by atoms with E-state index in [9.17, 15) is 9.59 Å². The standard InChI is InChI=1S/C23H21NO5/c1-15(23(26)18-14-24-19-6-3-2-5-17(18)19)29-22(25)10-8-16-7-9-20-21(13-16)28-12-4-11-27-20/h2-3,5-10,13-15,24H,4,11-12H2,1H3/b10-8+/t15-/m0/s1. The molecular formula is C23H21NO5. The fourth-order valence-corrected chi connectivity index (χ4v) is 3.21. The van der Waals surface area contributed by atoms with Crippen LogP contribution in [-0.2, 0) is 9.53 Å². The molecule has 0 fully saturated rings. The predicted molar refractivity (Wildman–Crippen MR) is 109 cm³/mol. The Morgan fingerprint density at radius 3 is 2.76 bits per heavy atom. The maximum atomic E-state index is 12.7. The molecule has 1 aliphatic heterocycles. The number of ketones is 1. The van der Waals surface area contributed by atoms with Gasteiger partial charge in [-0.2, -0.15) is 0 Å². The molecule has 0 spiro atoms. The summed E-state index contributed by atoms with van der Waals surface area (Å²) in [6.45, 7) is 2.79. The molecule has 0 bridgehead atoms. The van der Waals surface area contributed by atoms with Crippen LogP contribution in [0, 0.1) is 0 Å². The third-order valence-electron chi connectivity index (χ3n) is 4.70. The van der Waals surface area contributed by atoms with Crippen molar-refractivity contribution in [1.82, 2.24) is 4.98 Å². The van der Waals surface area contributed by atoms with Crippen molar-refractivity contribution < 1.29 is 23.8 Å². The lowest BCUT2D eigenvalue weighted by atomic mass is 10.1. The zero-order valence-electron chi connectivity index (χ0n) is 16.0. The average molecular weight is 391 g/mol. The van der Waals surface area contributed by atoms with Crippen LogP contribution in [0.25, 0.3) is 17.0 Å². The van der Waals surface area contributed by atoms with E-state index in [0.717, 1.165) is 22.9 Å². The third-order valence-corrected chi connectivity index (χ3v) is 4.70. The van der Waals surface area contributed by atoms with Crippen LogP contribution in [-0.4, -0.2) is 36.1 Å². The van der Waals surface area contributed by atoms with Crippen molar-refractivity contribution in [2.75, 3.05) is 13.2 Å². The number of carbonyl (C=O) groups is 2. The van der Waals surface area contributed by atoms with Crippen LogP contribution in [0.3, 0.4) is 0 Å². The second-order valence-corrected chi connectivity index (χ2v) is 6.78. The van der Waals surface area contributed by atoms with Crippen LogP contribution in [0.2, 0.25) is 0 Å². The van der Waals surface area contributed by atoms with E-state index in [2.05, 4.69) is 4.98 Å². The van der Waals surface area contributed by atoms with Crippen LogP contribution in [0.1, 0.15) is 29.3 Å². The van der Waals surface area contributed by atoms with Gasteiger partial charge in [-0.1, -0.05) is 24.3 Å². The van der Waals surface area contributed by atoms with Gasteiger partial charge in [-0.25, -0.2) is 4.79 Å². The minimum Gasteiger partial charge on any atom is -0.490 e. The molecule has 2 aromatic carbocycles. The Balaban J connectivity index is 1.41. The Labute approximate surface area is 168 Å². The number of rotatable bonds is 5. The zero-order valence-corrected chi connectivity index (χ0v) is 16.0. The van der Waals surface area contributed by atoms with Gasteiger partial charge in [-0.3, -0.25) is 4.79 Å². The molecule has 148 valence electrons. The first-order valence-electron chi connectivity index (χ1n) is 9.50. The van der Waals surface area contributed by atoms with Gasteiger partial charge >= 0.3 is 5.97 Å². The minimum absolute atomic E-state index is 0.250. The number of hydrogen-bond donors (Lipinski definition) is 1. The summed E-state index contributed by atoms with van der Waals surface area (Å²) in [5.74, 6) is 0.513. The highest BCUT2D eigenvalue weighted by Gasteiger charge is 2.21. The first kappa shape index (κ1) is 18.8. The van der Waals surface area contributed by atoms with Crippen molar-refractivity contribution in [3.05, 3.63) is 65.9 Å². The number of benzene rings is 2. The molecule has 0 amide bonds. The lowest BCUT2D eigenvalue weighted by Crippen LogP contribution is -2.23. The normalized spacial score (nSPS) is 14.5. The van der Waals surface area contributed by atoms with Crippen LogP contribution in [0.4, 0.5) is 0 Å². The molecule has 0 aliphatic carbocycles. The number of esters is 1. The van der Waals surface area contributed by atoms with Gasteiger partial charge in [0.1, 0.15) is 0 Å². The summed E-state index contributed by atoms with van der Waals surface area (Å²) in [7, 11) is 0. The van der Waals surface area contributed by atoms with Gasteiger partial charge in [-0.15, -0.1) is 0 Å². The van der Waals surface area contributed by atoms with E-state index < -0.39 is 12.1 Å². The highest BCUT2D eigenvalue weighted by atomic mass is 16.5. The van der Waals surface area contributed by atoms with E-state index in [1.54, 1.807) is 19.2 Å². The molecule has 6 heteroatoms. The van der Waals surface area contributed by atoms with Gasteiger partial charge in [-0.05, 0) is 36.8 Å². The number of nitrogens with one attached hydrogen (secondary N) is 1. The van der Waals surface area contributed by atoms with Gasteiger partial charge in [0.15, 0.2) is 17.6 Å². The van der Waals surface area contributed by atoms with Gasteiger partial charge in [0.2, 0.25) is 5.78 Å². The first-order valence-corrected chi connectivity index (χ1v) is 9.50. The molecule has 3 aromatic rings. The van der Waals surface area contributed by atoms with E-state index in [-0.39, 0.29) is 5.78 Å². The van der Waals surface area contributed by atoms with Crippen LogP contribution < -0.4 is 9.47 Å². The van der Waals surface area contributed by atoms with Crippen molar-refractivity contribution in [3.63, 3.8) is 0 Å². The summed E-state index contributed by atoms with van der Waals surface area (Å²) in [5.41, 5.74) is 2.15. The number of carbonyl (C=O) groups excluding carboxylic acids is 2. The molecule has 1 N–H and O–H groups in total. The molecule has 0 radical (unpaired) electrons. The molecule has 29 heavy (non-hydrogen) atoms. The summed E-state index contributed by atoms with van der Waals surface area (Å²) >= 11 is 0. The highest BCUT2D eigenvalue weighted by molar-refractivity contribution is 6.10. The first-order chi connectivity index (χ1) is 14.1. The van der Waals surface area contributed by atoms with Crippen molar-refractivity contribution in [2.24, 2.45) is 0 Å². The molecule has 0 unspecified atom stereocenters. The predicted octanol–water partition coefficient (Wildman–Crippen LogP) is 4.16. The van der Waals surface area contributed by atoms with Crippen molar-refractivity contribution in [2.45, 2.75) is 19.4 Å². The topological polar surface area (TPSA) is 77.6 Å². The lowest BCUT2D eigenvalue weighted by molar-refractivity contribution is -0.140. The Morgan fingerprint density at radius 2 is 1.90 bits per heavy atom. The highest BCUT2D eigenvalue weighted by Crippen LogP contribution is 2.30. The van der Waals surface area contributed by atoms with E-state index in [0.29, 0.717) is 30.3 Å². The molecule has 0 saturated carbocycles. The Bertz CT molecular complexity index is 1080. The Morgan fingerprint density at radius 1 is 1.10 bits per heavy atom. The molecule has 1 aromatic heterocycles. The van der Waals surface area contributed by atoms with Gasteiger partial charge in [0, 0.05) is 35.2 Å². The van der Waals surface area contributed by atoms with Crippen molar-refractivity contribution >= 4 is 28.7 Å². The number of fused-ring (bicyclic) bond motifs is 2. The number of aromatic nitrogens is 1. The number of ether oxygens (including phenoxy) is 3. The fourth-order valence-electron chi connectivity index (χ4n) is 3.21. The molecular weight excluding hydrogens is 370 g/mol. The number of H-pyrrole nitrogens is 1. The fraction of sp³-hybridized carbons (Fsp3) is 0.217. The largest absolute Gasteiger partial charge is 0.490 e. The quantitative estimate of drug-likeness (QED) is 0.401. The number of hydrogen-bond acceptors (Lipinski definition) is 5. The van der Waals surface area contributed by atoms with Gasteiger partial charge < -0.3 is 19.2 Å². The van der Waals surface area contributed by atoms with Crippen molar-refractivity contribution in [1.29, 1.82) is 0 Å². The van der Waals surface area contributed by atoms with Crippen molar-refractivity contribution in [3.8, 4) is 11.5 Å². The molecule has 1 aliphatic rings. The summed E-state index contributed by atoms with van der Waals surface area (Å²) in [4.78, 5) is 27.9. The van der Waals surface area contributed by atoms with E-state index in [4.69, 9.17) is 14.2 Å². The SMILES string of the molecule is C[C@H](OC(=O)/C=C/c1ccc2c(c1)OCCCO2)C(=O)c1c[nH]c2ccccc12. The van der Waals surface area contributed by atoms with Crippen LogP contribution in [0.5, 0.6) is 11.5 Å². The number of Topliss-reactive ketones (excluding diaryl/α,β-unsaturated/α-hetero) is 1. The van der Waals surface area contributed by atoms with Crippen LogP contribution in [0.15, 0.2) is 54.7 Å². The van der Waals surface area contributed by atoms with Crippen LogP contribution >= 0.6 is 0 Å². The summed E-state index contributed by atoms with van der Waals surface area (Å²) < 4.78 is 16.5. The summed E-state index contributed by atoms with van der Waals surface area (Å²) in [5, 5.41) is 0.808. The lowest BCUT2D eigenvalue weighted by Gasteiger charge is -2.10. The Hall–Kier alpha value is -3.54. The Kier molecular flexibility index (Phi) is 5.33. The van der Waals surface area contributed by atoms with Gasteiger partial charge in [0.05, 0.1) is 13.2 Å². The van der Waals surface area contributed by atoms with Gasteiger partial charge in [0.25, 0.3) is 0 Å². The van der Waals surface area contributed by atoms with E-state index in [1.807, 2.05) is 42.5 Å². The second-order valence-electron chi connectivity index (χ2n) is 6.78. The maximum Gasteiger partial charge on any atom is 0.331 e. The molecule has 0 saturated heterocycles.